The van der Waals surface area contributed by atoms with Crippen molar-refractivity contribution in [1.82, 2.24) is 4.90 Å². The number of hydrogen-bond donors (Lipinski definition) is 1. The number of amides is 1. The molecule has 4 nitrogen and oxygen atoms in total. The van der Waals surface area contributed by atoms with Crippen LogP contribution in [-0.4, -0.2) is 41.1 Å². The summed E-state index contributed by atoms with van der Waals surface area (Å²) in [6.45, 7) is 5.57. The van der Waals surface area contributed by atoms with Crippen molar-refractivity contribution in [2.45, 2.75) is 64.6 Å². The number of nitrogens with two attached hydrogens (primary N) is 1. The lowest BCUT2D eigenvalue weighted by molar-refractivity contribution is -0.147. The van der Waals surface area contributed by atoms with E-state index in [4.69, 9.17) is 22.7 Å². The highest BCUT2D eigenvalue weighted by atomic mass is 32.1. The van der Waals surface area contributed by atoms with Crippen LogP contribution < -0.4 is 5.73 Å². The topological polar surface area (TPSA) is 55.6 Å². The maximum atomic E-state index is 13.1. The zero-order valence-electron chi connectivity index (χ0n) is 12.6. The number of carbonyl (C=O) groups excluding carboxylic acids is 1. The van der Waals surface area contributed by atoms with Gasteiger partial charge in [-0.2, -0.15) is 0 Å². The van der Waals surface area contributed by atoms with E-state index in [1.807, 2.05) is 4.90 Å². The summed E-state index contributed by atoms with van der Waals surface area (Å²) in [5.74, 6) is 0.133. The molecule has 0 spiro atoms. The summed E-state index contributed by atoms with van der Waals surface area (Å²) in [5, 5.41) is 0. The number of carbonyl (C=O) groups is 1. The Hall–Kier alpha value is -0.680. The smallest absolute Gasteiger partial charge is 0.235 e. The van der Waals surface area contributed by atoms with Crippen LogP contribution in [0.15, 0.2) is 0 Å². The molecule has 2 rings (SSSR count). The zero-order valence-corrected chi connectivity index (χ0v) is 13.4. The molecule has 0 saturated carbocycles. The lowest BCUT2D eigenvalue weighted by atomic mass is 9.77. The van der Waals surface area contributed by atoms with Crippen LogP contribution in [-0.2, 0) is 9.53 Å². The first-order valence-corrected chi connectivity index (χ1v) is 8.19. The van der Waals surface area contributed by atoms with Gasteiger partial charge < -0.3 is 15.4 Å². The molecule has 0 aliphatic carbocycles. The molecule has 2 aliphatic rings. The molecule has 20 heavy (non-hydrogen) atoms. The number of fused-ring (bicyclic) bond motifs is 2. The molecule has 2 saturated heterocycles. The monoisotopic (exact) mass is 298 g/mol. The van der Waals surface area contributed by atoms with Crippen molar-refractivity contribution < 1.29 is 9.53 Å². The molecule has 0 aromatic heterocycles. The Bertz CT molecular complexity index is 368. The first-order valence-electron chi connectivity index (χ1n) is 7.78. The third kappa shape index (κ3) is 2.84. The van der Waals surface area contributed by atoms with E-state index in [1.54, 1.807) is 0 Å². The van der Waals surface area contributed by atoms with E-state index in [2.05, 4.69) is 13.8 Å². The molecule has 0 radical (unpaired) electrons. The molecule has 2 unspecified atom stereocenters. The molecule has 2 fully saturated rings. The van der Waals surface area contributed by atoms with E-state index in [1.165, 1.54) is 0 Å². The molecule has 2 heterocycles. The standard InChI is InChI=1S/C15H26N2O2S/c1-3-7-15(8-4-2,13(16)20)14(18)17-9-11-5-6-12(10-17)19-11/h11-12H,3-10H2,1-2H3,(H2,16,20). The Morgan fingerprint density at radius 3 is 2.15 bits per heavy atom. The summed E-state index contributed by atoms with van der Waals surface area (Å²) in [6, 6.07) is 0. The van der Waals surface area contributed by atoms with Crippen molar-refractivity contribution in [1.29, 1.82) is 0 Å². The zero-order chi connectivity index (χ0) is 14.8. The minimum atomic E-state index is -0.643. The molecular formula is C15H26N2O2S. The molecular weight excluding hydrogens is 272 g/mol. The van der Waals surface area contributed by atoms with Crippen LogP contribution in [0.25, 0.3) is 0 Å². The number of likely N-dealkylation sites (tertiary alicyclic amines) is 1. The Balaban J connectivity index is 2.19. The Kier molecular flexibility index (Phi) is 5.02. The third-order valence-corrected chi connectivity index (χ3v) is 4.96. The van der Waals surface area contributed by atoms with Crippen LogP contribution in [0, 0.1) is 5.41 Å². The predicted octanol–water partition coefficient (Wildman–Crippen LogP) is 2.25. The highest BCUT2D eigenvalue weighted by Gasteiger charge is 2.46. The summed E-state index contributed by atoms with van der Waals surface area (Å²) >= 11 is 5.28. The van der Waals surface area contributed by atoms with Gasteiger partial charge in [0, 0.05) is 13.1 Å². The summed E-state index contributed by atoms with van der Waals surface area (Å²) in [4.78, 5) is 15.4. The Morgan fingerprint density at radius 2 is 1.75 bits per heavy atom. The molecule has 2 bridgehead atoms. The van der Waals surface area contributed by atoms with Crippen LogP contribution in [0.5, 0.6) is 0 Å². The van der Waals surface area contributed by atoms with Crippen molar-refractivity contribution in [2.75, 3.05) is 13.1 Å². The first-order chi connectivity index (χ1) is 9.53. The van der Waals surface area contributed by atoms with Gasteiger partial charge in [-0.1, -0.05) is 38.9 Å². The van der Waals surface area contributed by atoms with Gasteiger partial charge >= 0.3 is 0 Å². The summed E-state index contributed by atoms with van der Waals surface area (Å²) < 4.78 is 5.81. The van der Waals surface area contributed by atoms with Gasteiger partial charge in [0.05, 0.1) is 22.6 Å². The lowest BCUT2D eigenvalue weighted by Crippen LogP contribution is -2.55. The minimum absolute atomic E-state index is 0.133. The number of hydrogen-bond acceptors (Lipinski definition) is 3. The van der Waals surface area contributed by atoms with Crippen molar-refractivity contribution in [2.24, 2.45) is 11.1 Å². The fourth-order valence-corrected chi connectivity index (χ4v) is 3.92. The van der Waals surface area contributed by atoms with Crippen LogP contribution >= 0.6 is 12.2 Å². The van der Waals surface area contributed by atoms with Gasteiger partial charge in [-0.25, -0.2) is 0 Å². The fraction of sp³-hybridized carbons (Fsp3) is 0.867. The van der Waals surface area contributed by atoms with Crippen LogP contribution in [0.1, 0.15) is 52.4 Å². The Labute approximate surface area is 127 Å². The van der Waals surface area contributed by atoms with Gasteiger partial charge in [0.1, 0.15) is 0 Å². The minimum Gasteiger partial charge on any atom is -0.392 e. The summed E-state index contributed by atoms with van der Waals surface area (Å²) in [7, 11) is 0. The summed E-state index contributed by atoms with van der Waals surface area (Å²) in [6.07, 6.45) is 5.89. The van der Waals surface area contributed by atoms with E-state index in [9.17, 15) is 4.79 Å². The highest BCUT2D eigenvalue weighted by molar-refractivity contribution is 7.80. The molecule has 0 aromatic rings. The number of nitrogens with zero attached hydrogens (tertiary/aromatic N) is 1. The largest absolute Gasteiger partial charge is 0.392 e. The van der Waals surface area contributed by atoms with Crippen molar-refractivity contribution in [3.05, 3.63) is 0 Å². The maximum absolute atomic E-state index is 13.1. The van der Waals surface area contributed by atoms with Crippen molar-refractivity contribution >= 4 is 23.1 Å². The molecule has 5 heteroatoms. The van der Waals surface area contributed by atoms with Gasteiger partial charge in [0.25, 0.3) is 0 Å². The molecule has 1 amide bonds. The summed E-state index contributed by atoms with van der Waals surface area (Å²) in [5.41, 5.74) is 5.35. The third-order valence-electron chi connectivity index (χ3n) is 4.57. The van der Waals surface area contributed by atoms with Gasteiger partial charge in [0.2, 0.25) is 5.91 Å². The highest BCUT2D eigenvalue weighted by Crippen LogP contribution is 2.35. The number of rotatable bonds is 6. The SMILES string of the molecule is CCCC(CCC)(C(=O)N1CC2CCC(C1)O2)C(N)=S. The van der Waals surface area contributed by atoms with Crippen molar-refractivity contribution in [3.8, 4) is 0 Å². The average Bonchev–Trinajstić information content (AvgIpc) is 2.76. The molecule has 0 aromatic carbocycles. The van der Waals surface area contributed by atoms with E-state index >= 15 is 0 Å². The van der Waals surface area contributed by atoms with Crippen LogP contribution in [0.2, 0.25) is 0 Å². The average molecular weight is 298 g/mol. The van der Waals surface area contributed by atoms with E-state index in [-0.39, 0.29) is 18.1 Å². The molecule has 2 N–H and O–H groups in total. The second-order valence-electron chi connectivity index (χ2n) is 6.11. The molecule has 2 atom stereocenters. The van der Waals surface area contributed by atoms with E-state index in [0.717, 1.165) is 38.5 Å². The van der Waals surface area contributed by atoms with E-state index in [0.29, 0.717) is 18.1 Å². The number of ether oxygens (including phenoxy) is 1. The second kappa shape index (κ2) is 6.39. The lowest BCUT2D eigenvalue weighted by Gasteiger charge is -2.40. The predicted molar refractivity (Wildman–Crippen MR) is 83.5 cm³/mol. The van der Waals surface area contributed by atoms with Gasteiger partial charge in [-0.3, -0.25) is 4.79 Å². The number of thiocarbonyl (C=S) groups is 1. The Morgan fingerprint density at radius 1 is 1.25 bits per heavy atom. The fourth-order valence-electron chi connectivity index (χ4n) is 3.63. The van der Waals surface area contributed by atoms with Crippen molar-refractivity contribution in [3.63, 3.8) is 0 Å². The first kappa shape index (κ1) is 15.7. The van der Waals surface area contributed by atoms with Gasteiger partial charge in [-0.05, 0) is 25.7 Å². The van der Waals surface area contributed by atoms with Crippen LogP contribution in [0.3, 0.4) is 0 Å². The maximum Gasteiger partial charge on any atom is 0.235 e. The normalized spacial score (nSPS) is 25.8. The number of morpholine rings is 1. The molecule has 2 aliphatic heterocycles. The quantitative estimate of drug-likeness (QED) is 0.764. The van der Waals surface area contributed by atoms with E-state index < -0.39 is 5.41 Å². The molecule has 114 valence electrons. The van der Waals surface area contributed by atoms with Gasteiger partial charge in [-0.15, -0.1) is 0 Å². The van der Waals surface area contributed by atoms with Crippen LogP contribution in [0.4, 0.5) is 0 Å². The second-order valence-corrected chi connectivity index (χ2v) is 6.55. The van der Waals surface area contributed by atoms with Gasteiger partial charge in [0.15, 0.2) is 0 Å².